The van der Waals surface area contributed by atoms with Gasteiger partial charge in [-0.15, -0.1) is 0 Å². The first-order valence-electron chi connectivity index (χ1n) is 5.57. The maximum Gasteiger partial charge on any atom is 0.262 e. The number of aryl methyl sites for hydroxylation is 1. The number of nitrogens with one attached hydrogen (secondary N) is 1. The molecule has 4 nitrogen and oxygen atoms in total. The predicted octanol–water partition coefficient (Wildman–Crippen LogP) is 1.88. The van der Waals surface area contributed by atoms with Gasteiger partial charge in [-0.1, -0.05) is 12.1 Å². The van der Waals surface area contributed by atoms with Crippen LogP contribution in [0.2, 0.25) is 0 Å². The Morgan fingerprint density at radius 3 is 3.25 bits per heavy atom. The smallest absolute Gasteiger partial charge is 0.262 e. The number of ether oxygens (including phenoxy) is 1. The third-order valence-electron chi connectivity index (χ3n) is 2.96. The van der Waals surface area contributed by atoms with E-state index in [0.29, 0.717) is 5.88 Å². The molecule has 0 bridgehead atoms. The average Bonchev–Trinajstić information content (AvgIpc) is 2.90. The van der Waals surface area contributed by atoms with Crippen LogP contribution in [0.15, 0.2) is 22.7 Å². The van der Waals surface area contributed by atoms with E-state index in [1.165, 1.54) is 0 Å². The van der Waals surface area contributed by atoms with Crippen LogP contribution in [0.3, 0.4) is 0 Å². The maximum absolute atomic E-state index is 5.82. The highest BCUT2D eigenvalue weighted by atomic mass is 16.5. The van der Waals surface area contributed by atoms with Gasteiger partial charge in [-0.05, 0) is 36.7 Å². The SMILES string of the molecule is Cc1cccc2c(OC3CCNC3)noc12. The van der Waals surface area contributed by atoms with Crippen LogP contribution in [0, 0.1) is 6.92 Å². The number of hydrogen-bond acceptors (Lipinski definition) is 4. The van der Waals surface area contributed by atoms with Gasteiger partial charge in [-0.3, -0.25) is 0 Å². The van der Waals surface area contributed by atoms with Crippen molar-refractivity contribution in [3.8, 4) is 5.88 Å². The van der Waals surface area contributed by atoms with Crippen molar-refractivity contribution in [2.24, 2.45) is 0 Å². The van der Waals surface area contributed by atoms with E-state index in [1.54, 1.807) is 0 Å². The van der Waals surface area contributed by atoms with Crippen molar-refractivity contribution < 1.29 is 9.26 Å². The minimum atomic E-state index is 0.216. The van der Waals surface area contributed by atoms with Crippen LogP contribution in [-0.4, -0.2) is 24.4 Å². The first kappa shape index (κ1) is 9.66. The molecule has 0 saturated carbocycles. The largest absolute Gasteiger partial charge is 0.470 e. The Labute approximate surface area is 93.6 Å². The summed E-state index contributed by atoms with van der Waals surface area (Å²) < 4.78 is 11.1. The normalized spacial score (nSPS) is 20.4. The minimum Gasteiger partial charge on any atom is -0.470 e. The lowest BCUT2D eigenvalue weighted by Crippen LogP contribution is -2.19. The highest BCUT2D eigenvalue weighted by Crippen LogP contribution is 2.28. The third-order valence-corrected chi connectivity index (χ3v) is 2.96. The fourth-order valence-corrected chi connectivity index (χ4v) is 2.05. The molecular weight excluding hydrogens is 204 g/mol. The molecule has 0 radical (unpaired) electrons. The molecule has 16 heavy (non-hydrogen) atoms. The van der Waals surface area contributed by atoms with Crippen LogP contribution in [0.4, 0.5) is 0 Å². The second kappa shape index (κ2) is 3.79. The van der Waals surface area contributed by atoms with Crippen molar-refractivity contribution in [3.63, 3.8) is 0 Å². The Kier molecular flexibility index (Phi) is 2.29. The Bertz CT molecular complexity index is 501. The van der Waals surface area contributed by atoms with E-state index in [0.717, 1.165) is 36.0 Å². The van der Waals surface area contributed by atoms with Crippen molar-refractivity contribution in [1.82, 2.24) is 10.5 Å². The van der Waals surface area contributed by atoms with Crippen LogP contribution < -0.4 is 10.1 Å². The molecular formula is C12H14N2O2. The zero-order valence-electron chi connectivity index (χ0n) is 9.19. The van der Waals surface area contributed by atoms with Gasteiger partial charge in [0.25, 0.3) is 5.88 Å². The van der Waals surface area contributed by atoms with Crippen LogP contribution in [0.25, 0.3) is 11.0 Å². The zero-order chi connectivity index (χ0) is 11.0. The Balaban J connectivity index is 1.94. The van der Waals surface area contributed by atoms with Gasteiger partial charge in [-0.25, -0.2) is 0 Å². The number of fused-ring (bicyclic) bond motifs is 1. The van der Waals surface area contributed by atoms with Crippen LogP contribution in [-0.2, 0) is 0 Å². The summed E-state index contributed by atoms with van der Waals surface area (Å²) in [6.07, 6.45) is 1.24. The number of hydrogen-bond donors (Lipinski definition) is 1. The average molecular weight is 218 g/mol. The topological polar surface area (TPSA) is 47.3 Å². The summed E-state index contributed by atoms with van der Waals surface area (Å²) in [5, 5.41) is 8.22. The van der Waals surface area contributed by atoms with E-state index in [2.05, 4.69) is 10.5 Å². The summed E-state index contributed by atoms with van der Waals surface area (Å²) in [6.45, 7) is 3.91. The molecule has 84 valence electrons. The zero-order valence-corrected chi connectivity index (χ0v) is 9.19. The highest BCUT2D eigenvalue weighted by molar-refractivity contribution is 5.84. The lowest BCUT2D eigenvalue weighted by Gasteiger charge is -2.08. The molecule has 0 aliphatic carbocycles. The first-order chi connectivity index (χ1) is 7.84. The summed E-state index contributed by atoms with van der Waals surface area (Å²) in [5.74, 6) is 0.618. The van der Waals surface area contributed by atoms with Gasteiger partial charge >= 0.3 is 0 Å². The first-order valence-corrected chi connectivity index (χ1v) is 5.57. The van der Waals surface area contributed by atoms with Crippen LogP contribution in [0.5, 0.6) is 5.88 Å². The van der Waals surface area contributed by atoms with Crippen LogP contribution >= 0.6 is 0 Å². The van der Waals surface area contributed by atoms with E-state index in [1.807, 2.05) is 25.1 Å². The summed E-state index contributed by atoms with van der Waals surface area (Å²) in [4.78, 5) is 0. The van der Waals surface area contributed by atoms with E-state index < -0.39 is 0 Å². The van der Waals surface area contributed by atoms with Crippen molar-refractivity contribution >= 4 is 11.0 Å². The van der Waals surface area contributed by atoms with E-state index in [9.17, 15) is 0 Å². The molecule has 2 heterocycles. The van der Waals surface area contributed by atoms with Gasteiger partial charge in [0.2, 0.25) is 0 Å². The van der Waals surface area contributed by atoms with E-state index in [-0.39, 0.29) is 6.10 Å². The molecule has 1 fully saturated rings. The van der Waals surface area contributed by atoms with Crippen molar-refractivity contribution in [2.75, 3.05) is 13.1 Å². The molecule has 1 aliphatic rings. The molecule has 1 N–H and O–H groups in total. The van der Waals surface area contributed by atoms with Crippen molar-refractivity contribution in [2.45, 2.75) is 19.4 Å². The lowest BCUT2D eigenvalue weighted by atomic mass is 10.2. The molecule has 0 spiro atoms. The van der Waals surface area contributed by atoms with Crippen LogP contribution in [0.1, 0.15) is 12.0 Å². The van der Waals surface area contributed by atoms with E-state index in [4.69, 9.17) is 9.26 Å². The van der Waals surface area contributed by atoms with Gasteiger partial charge in [-0.2, -0.15) is 0 Å². The van der Waals surface area contributed by atoms with Gasteiger partial charge in [0, 0.05) is 6.54 Å². The number of para-hydroxylation sites is 1. The summed E-state index contributed by atoms with van der Waals surface area (Å²) >= 11 is 0. The molecule has 1 atom stereocenters. The maximum atomic E-state index is 5.82. The Hall–Kier alpha value is -1.55. The monoisotopic (exact) mass is 218 g/mol. The second-order valence-corrected chi connectivity index (χ2v) is 4.17. The molecule has 2 aromatic rings. The number of aromatic nitrogens is 1. The molecule has 1 aromatic carbocycles. The molecule has 1 saturated heterocycles. The van der Waals surface area contributed by atoms with Crippen molar-refractivity contribution in [3.05, 3.63) is 23.8 Å². The number of nitrogens with zero attached hydrogens (tertiary/aromatic N) is 1. The highest BCUT2D eigenvalue weighted by Gasteiger charge is 2.19. The van der Waals surface area contributed by atoms with Gasteiger partial charge in [0.15, 0.2) is 5.58 Å². The Morgan fingerprint density at radius 1 is 1.50 bits per heavy atom. The lowest BCUT2D eigenvalue weighted by molar-refractivity contribution is 0.204. The summed E-state index contributed by atoms with van der Waals surface area (Å²) in [7, 11) is 0. The van der Waals surface area contributed by atoms with Gasteiger partial charge < -0.3 is 14.6 Å². The molecule has 1 aliphatic heterocycles. The van der Waals surface area contributed by atoms with Crippen molar-refractivity contribution in [1.29, 1.82) is 0 Å². The van der Waals surface area contributed by atoms with E-state index >= 15 is 0 Å². The summed E-state index contributed by atoms with van der Waals surface area (Å²) in [5.41, 5.74) is 1.91. The number of rotatable bonds is 2. The third kappa shape index (κ3) is 1.55. The standard InChI is InChI=1S/C12H14N2O2/c1-8-3-2-4-10-11(8)16-14-12(10)15-9-5-6-13-7-9/h2-4,9,13H,5-7H2,1H3. The summed E-state index contributed by atoms with van der Waals surface area (Å²) in [6, 6.07) is 5.99. The molecule has 0 amide bonds. The predicted molar refractivity (Wildman–Crippen MR) is 60.6 cm³/mol. The molecule has 1 aromatic heterocycles. The quantitative estimate of drug-likeness (QED) is 0.836. The Morgan fingerprint density at radius 2 is 2.44 bits per heavy atom. The molecule has 3 rings (SSSR count). The molecule has 1 unspecified atom stereocenters. The fourth-order valence-electron chi connectivity index (χ4n) is 2.05. The second-order valence-electron chi connectivity index (χ2n) is 4.17. The minimum absolute atomic E-state index is 0.216. The van der Waals surface area contributed by atoms with Gasteiger partial charge in [0.1, 0.15) is 6.10 Å². The fraction of sp³-hybridized carbons (Fsp3) is 0.417. The number of benzene rings is 1. The van der Waals surface area contributed by atoms with Gasteiger partial charge in [0.05, 0.1) is 5.39 Å². The molecule has 4 heteroatoms.